The fourth-order valence-corrected chi connectivity index (χ4v) is 9.77. The number of fused-ring (bicyclic) bond motifs is 6. The van der Waals surface area contributed by atoms with Crippen molar-refractivity contribution in [3.8, 4) is 5.75 Å². The molecule has 6 heteroatoms. The second-order valence-electron chi connectivity index (χ2n) is 13.5. The lowest BCUT2D eigenvalue weighted by molar-refractivity contribution is -0.884. The predicted octanol–water partition coefficient (Wildman–Crippen LogP) is 5.35. The van der Waals surface area contributed by atoms with Crippen LogP contribution in [-0.4, -0.2) is 42.0 Å². The van der Waals surface area contributed by atoms with Crippen molar-refractivity contribution in [1.29, 1.82) is 0 Å². The Hall–Kier alpha value is -2.18. The molecule has 206 valence electrons. The van der Waals surface area contributed by atoms with Gasteiger partial charge in [0.2, 0.25) is 6.20 Å². The van der Waals surface area contributed by atoms with E-state index in [1.54, 1.807) is 25.4 Å². The number of aromatic nitrogens is 1. The Morgan fingerprint density at radius 2 is 1.84 bits per heavy atom. The van der Waals surface area contributed by atoms with E-state index in [0.717, 1.165) is 48.6 Å². The normalized spacial score (nSPS) is 40.3. The number of benzene rings is 1. The number of ketones is 1. The van der Waals surface area contributed by atoms with E-state index in [2.05, 4.69) is 13.8 Å². The van der Waals surface area contributed by atoms with Gasteiger partial charge >= 0.3 is 0 Å². The smallest absolute Gasteiger partial charge is 0.268 e. The van der Waals surface area contributed by atoms with Crippen LogP contribution in [0.2, 0.25) is 0 Å². The molecule has 8 atom stereocenters. The summed E-state index contributed by atoms with van der Waals surface area (Å²) in [5, 5.41) is 22.2. The lowest BCUT2D eigenvalue weighted by Crippen LogP contribution is -2.57. The third-order valence-electron chi connectivity index (χ3n) is 11.8. The van der Waals surface area contributed by atoms with Crippen LogP contribution in [0.25, 0.3) is 10.9 Å². The zero-order chi connectivity index (χ0) is 26.7. The molecule has 4 aliphatic rings. The van der Waals surface area contributed by atoms with E-state index in [9.17, 15) is 15.1 Å². The van der Waals surface area contributed by atoms with Crippen LogP contribution in [0.1, 0.15) is 71.6 Å². The average molecular weight is 523 g/mol. The van der Waals surface area contributed by atoms with E-state index in [0.29, 0.717) is 41.5 Å². The Labute approximate surface area is 226 Å². The number of pyridine rings is 1. The fourth-order valence-electron chi connectivity index (χ4n) is 9.77. The highest BCUT2D eigenvalue weighted by atomic mass is 16.5. The van der Waals surface area contributed by atoms with Gasteiger partial charge in [-0.15, -0.1) is 0 Å². The molecular formula is C32H44NO5+. The fraction of sp³-hybridized carbons (Fsp3) is 0.688. The van der Waals surface area contributed by atoms with E-state index in [-0.39, 0.29) is 29.1 Å². The summed E-state index contributed by atoms with van der Waals surface area (Å²) in [7, 11) is 1.69. The molecule has 0 aliphatic heterocycles. The highest BCUT2D eigenvalue weighted by Crippen LogP contribution is 2.68. The molecule has 4 aliphatic carbocycles. The van der Waals surface area contributed by atoms with Crippen molar-refractivity contribution >= 4 is 16.7 Å². The standard InChI is InChI=1S/C32H44NO5/c1-30-14-15-32(35,20-37-3)18-22(30)7-9-24-25-10-11-27(31(25,2)13-12-26(24)30)29(34)19-38-23-8-6-21-5-4-16-33(36)28(21)17-23/h4-6,8,16-17,22,24-27,35-36H,7,9-15,18-20H2,1-3H3/q+1/t22-,24-,25-,26-,27+,30-,31-,32+/m0/s1. The number of methoxy groups -OCH3 is 1. The number of nitrogens with zero attached hydrogens (tertiary/aromatic N) is 1. The Kier molecular flexibility index (Phi) is 6.50. The molecule has 0 radical (unpaired) electrons. The lowest BCUT2D eigenvalue weighted by Gasteiger charge is -2.62. The van der Waals surface area contributed by atoms with Crippen LogP contribution >= 0.6 is 0 Å². The van der Waals surface area contributed by atoms with Crippen LogP contribution in [0, 0.1) is 40.4 Å². The molecule has 0 unspecified atom stereocenters. The molecule has 1 heterocycles. The van der Waals surface area contributed by atoms with Gasteiger partial charge in [0.25, 0.3) is 5.52 Å². The van der Waals surface area contributed by atoms with Crippen molar-refractivity contribution in [2.75, 3.05) is 20.3 Å². The number of rotatable bonds is 6. The van der Waals surface area contributed by atoms with E-state index in [4.69, 9.17) is 9.47 Å². The summed E-state index contributed by atoms with van der Waals surface area (Å²) in [6, 6.07) is 9.31. The summed E-state index contributed by atoms with van der Waals surface area (Å²) in [4.78, 5) is 13.6. The van der Waals surface area contributed by atoms with E-state index in [1.807, 2.05) is 18.2 Å². The zero-order valence-electron chi connectivity index (χ0n) is 23.2. The molecular weight excluding hydrogens is 478 g/mol. The van der Waals surface area contributed by atoms with Gasteiger partial charge < -0.3 is 14.6 Å². The second-order valence-corrected chi connectivity index (χ2v) is 13.5. The minimum atomic E-state index is -0.664. The van der Waals surface area contributed by atoms with E-state index in [1.165, 1.54) is 19.3 Å². The molecule has 2 N–H and O–H groups in total. The summed E-state index contributed by atoms with van der Waals surface area (Å²) in [5.41, 5.74) is 0.335. The van der Waals surface area contributed by atoms with E-state index < -0.39 is 5.60 Å². The Bertz CT molecular complexity index is 1220. The van der Waals surface area contributed by atoms with Gasteiger partial charge in [-0.1, -0.05) is 13.8 Å². The molecule has 0 spiro atoms. The molecule has 6 rings (SSSR count). The SMILES string of the molecule is COC[C@@]1(O)CC[C@@]2(C)[C@@H](CC[C@@H]3[C@@H]2CC[C@]2(C)[C@@H](C(=O)COc4ccc5ccc[n+](O)c5c4)CC[C@@H]32)C1. The van der Waals surface area contributed by atoms with Crippen molar-refractivity contribution in [3.63, 3.8) is 0 Å². The first-order valence-electron chi connectivity index (χ1n) is 14.7. The molecule has 4 saturated carbocycles. The maximum atomic E-state index is 13.6. The number of hydrogen-bond donors (Lipinski definition) is 2. The Morgan fingerprint density at radius 3 is 2.66 bits per heavy atom. The van der Waals surface area contributed by atoms with Gasteiger partial charge in [-0.3, -0.25) is 10.0 Å². The third-order valence-corrected chi connectivity index (χ3v) is 11.8. The summed E-state index contributed by atoms with van der Waals surface area (Å²) in [6.07, 6.45) is 11.2. The minimum Gasteiger partial charge on any atom is -0.486 e. The van der Waals surface area contributed by atoms with Crippen LogP contribution < -0.4 is 9.47 Å². The van der Waals surface area contributed by atoms with Gasteiger partial charge in [0.05, 0.1) is 23.7 Å². The predicted molar refractivity (Wildman–Crippen MR) is 144 cm³/mol. The first kappa shape index (κ1) is 26.1. The molecule has 1 aromatic heterocycles. The van der Waals surface area contributed by atoms with Crippen molar-refractivity contribution in [3.05, 3.63) is 36.5 Å². The first-order chi connectivity index (χ1) is 18.2. The summed E-state index contributed by atoms with van der Waals surface area (Å²) < 4.78 is 12.5. The summed E-state index contributed by atoms with van der Waals surface area (Å²) in [5.74, 6) is 3.43. The lowest BCUT2D eigenvalue weighted by atomic mass is 9.44. The maximum Gasteiger partial charge on any atom is 0.268 e. The number of Topliss-reactive ketones (excluding diaryl/α,β-unsaturated/α-hetero) is 1. The molecule has 6 nitrogen and oxygen atoms in total. The molecule has 1 aromatic carbocycles. The zero-order valence-corrected chi connectivity index (χ0v) is 23.2. The van der Waals surface area contributed by atoms with Gasteiger partial charge in [-0.05, 0) is 110 Å². The van der Waals surface area contributed by atoms with Crippen molar-refractivity contribution in [2.45, 2.75) is 77.2 Å². The summed E-state index contributed by atoms with van der Waals surface area (Å²) in [6.45, 7) is 5.43. The highest BCUT2D eigenvalue weighted by molar-refractivity contribution is 5.84. The molecule has 0 saturated heterocycles. The van der Waals surface area contributed by atoms with Gasteiger partial charge in [0.15, 0.2) is 5.78 Å². The molecule has 0 amide bonds. The number of carbonyl (C=O) groups excluding carboxylic acids is 1. The first-order valence-corrected chi connectivity index (χ1v) is 14.7. The third kappa shape index (κ3) is 4.14. The van der Waals surface area contributed by atoms with Crippen LogP contribution in [0.4, 0.5) is 0 Å². The van der Waals surface area contributed by atoms with Gasteiger partial charge in [-0.25, -0.2) is 0 Å². The monoisotopic (exact) mass is 522 g/mol. The topological polar surface area (TPSA) is 79.9 Å². The highest BCUT2D eigenvalue weighted by Gasteiger charge is 2.62. The Morgan fingerprint density at radius 1 is 1.03 bits per heavy atom. The molecule has 4 fully saturated rings. The average Bonchev–Trinajstić information content (AvgIpc) is 3.25. The van der Waals surface area contributed by atoms with Crippen molar-refractivity contribution < 1.29 is 29.3 Å². The van der Waals surface area contributed by atoms with Crippen LogP contribution in [0.5, 0.6) is 5.75 Å². The summed E-state index contributed by atoms with van der Waals surface area (Å²) >= 11 is 0. The number of aliphatic hydroxyl groups is 1. The molecule has 0 bridgehead atoms. The van der Waals surface area contributed by atoms with Crippen LogP contribution in [0.3, 0.4) is 0 Å². The van der Waals surface area contributed by atoms with Gasteiger partial charge in [0, 0.05) is 23.8 Å². The molecule has 2 aromatic rings. The maximum absolute atomic E-state index is 13.6. The number of hydrogen-bond acceptors (Lipinski definition) is 5. The van der Waals surface area contributed by atoms with Crippen LogP contribution in [0.15, 0.2) is 36.5 Å². The van der Waals surface area contributed by atoms with E-state index >= 15 is 0 Å². The number of carbonyl (C=O) groups is 1. The van der Waals surface area contributed by atoms with Gasteiger partial charge in [-0.2, -0.15) is 0 Å². The quantitative estimate of drug-likeness (QED) is 0.395. The minimum absolute atomic E-state index is 0.0494. The van der Waals surface area contributed by atoms with Crippen LogP contribution in [-0.2, 0) is 9.53 Å². The largest absolute Gasteiger partial charge is 0.486 e. The van der Waals surface area contributed by atoms with Gasteiger partial charge in [0.1, 0.15) is 12.4 Å². The molecule has 38 heavy (non-hydrogen) atoms. The second kappa shape index (κ2) is 9.48. The Balaban J connectivity index is 1.14. The van der Waals surface area contributed by atoms with Crippen molar-refractivity contribution in [1.82, 2.24) is 0 Å². The number of ether oxygens (including phenoxy) is 2. The van der Waals surface area contributed by atoms with Crippen molar-refractivity contribution in [2.24, 2.45) is 40.4 Å².